The third kappa shape index (κ3) is 4.03. The first-order valence-corrected chi connectivity index (χ1v) is 4.20. The van der Waals surface area contributed by atoms with Gasteiger partial charge in [0.15, 0.2) is 0 Å². The topological polar surface area (TPSA) is 26.0 Å². The summed E-state index contributed by atoms with van der Waals surface area (Å²) in [6.07, 6.45) is -2.61. The minimum absolute atomic E-state index is 0. The Kier molecular flexibility index (Phi) is 5.65. The van der Waals surface area contributed by atoms with Crippen molar-refractivity contribution in [1.29, 1.82) is 0 Å². The van der Waals surface area contributed by atoms with Crippen LogP contribution in [-0.2, 0) is 0 Å². The predicted octanol–water partition coefficient (Wildman–Crippen LogP) is 3.07. The van der Waals surface area contributed by atoms with Gasteiger partial charge in [-0.3, -0.25) is 0 Å². The van der Waals surface area contributed by atoms with Crippen LogP contribution in [0.3, 0.4) is 0 Å². The standard InChI is InChI=1S/C10H13F2N.ClH/c1-7-3-2-4-8(5-7)9(13)6-10(11)12;/h2-5,9-10H,6,13H2,1H3;1H/t9-;/m1./s1. The van der Waals surface area contributed by atoms with Gasteiger partial charge in [0.25, 0.3) is 0 Å². The SMILES string of the molecule is Cc1cccc([C@H](N)CC(F)F)c1.Cl. The lowest BCUT2D eigenvalue weighted by Gasteiger charge is -2.11. The lowest BCUT2D eigenvalue weighted by atomic mass is 10.0. The summed E-state index contributed by atoms with van der Waals surface area (Å²) in [5.74, 6) is 0. The number of rotatable bonds is 3. The minimum Gasteiger partial charge on any atom is -0.324 e. The number of hydrogen-bond donors (Lipinski definition) is 1. The summed E-state index contributed by atoms with van der Waals surface area (Å²) < 4.78 is 24.0. The molecule has 0 saturated heterocycles. The first-order valence-electron chi connectivity index (χ1n) is 4.20. The molecule has 0 aromatic heterocycles. The van der Waals surface area contributed by atoms with E-state index >= 15 is 0 Å². The van der Waals surface area contributed by atoms with Crippen LogP contribution in [0, 0.1) is 6.92 Å². The summed E-state index contributed by atoms with van der Waals surface area (Å²) in [5, 5.41) is 0. The summed E-state index contributed by atoms with van der Waals surface area (Å²) in [4.78, 5) is 0. The number of aryl methyl sites for hydroxylation is 1. The molecule has 2 N–H and O–H groups in total. The van der Waals surface area contributed by atoms with Crippen molar-refractivity contribution >= 4 is 12.4 Å². The molecule has 1 rings (SSSR count). The lowest BCUT2D eigenvalue weighted by Crippen LogP contribution is -2.13. The average molecular weight is 222 g/mol. The molecule has 0 heterocycles. The first kappa shape index (κ1) is 13.3. The van der Waals surface area contributed by atoms with E-state index in [2.05, 4.69) is 0 Å². The highest BCUT2D eigenvalue weighted by Crippen LogP contribution is 2.18. The van der Waals surface area contributed by atoms with Crippen LogP contribution < -0.4 is 5.73 Å². The Labute approximate surface area is 88.7 Å². The van der Waals surface area contributed by atoms with Gasteiger partial charge in [-0.05, 0) is 12.5 Å². The van der Waals surface area contributed by atoms with Crippen molar-refractivity contribution in [2.45, 2.75) is 25.8 Å². The normalized spacial score (nSPS) is 12.4. The van der Waals surface area contributed by atoms with Gasteiger partial charge in [0.1, 0.15) is 0 Å². The minimum atomic E-state index is -2.34. The van der Waals surface area contributed by atoms with Crippen molar-refractivity contribution in [2.75, 3.05) is 0 Å². The van der Waals surface area contributed by atoms with Crippen LogP contribution in [0.15, 0.2) is 24.3 Å². The second kappa shape index (κ2) is 5.94. The fourth-order valence-electron chi connectivity index (χ4n) is 1.23. The number of nitrogens with two attached hydrogens (primary N) is 1. The summed E-state index contributed by atoms with van der Waals surface area (Å²) in [5.41, 5.74) is 7.41. The van der Waals surface area contributed by atoms with Crippen LogP contribution in [0.4, 0.5) is 8.78 Å². The summed E-state index contributed by atoms with van der Waals surface area (Å²) in [6, 6.07) is 6.81. The lowest BCUT2D eigenvalue weighted by molar-refractivity contribution is 0.128. The maximum absolute atomic E-state index is 12.0. The maximum Gasteiger partial charge on any atom is 0.240 e. The molecule has 1 nitrogen and oxygen atoms in total. The van der Waals surface area contributed by atoms with Gasteiger partial charge in [0, 0.05) is 12.5 Å². The Hall–Kier alpha value is -0.670. The van der Waals surface area contributed by atoms with Crippen molar-refractivity contribution in [3.05, 3.63) is 35.4 Å². The Morgan fingerprint density at radius 2 is 2.00 bits per heavy atom. The molecule has 0 amide bonds. The van der Waals surface area contributed by atoms with Crippen LogP contribution in [-0.4, -0.2) is 6.43 Å². The van der Waals surface area contributed by atoms with E-state index in [1.54, 1.807) is 6.07 Å². The largest absolute Gasteiger partial charge is 0.324 e. The highest BCUT2D eigenvalue weighted by atomic mass is 35.5. The highest BCUT2D eigenvalue weighted by Gasteiger charge is 2.12. The molecule has 80 valence electrons. The number of benzene rings is 1. The molecule has 14 heavy (non-hydrogen) atoms. The van der Waals surface area contributed by atoms with Gasteiger partial charge in [-0.15, -0.1) is 12.4 Å². The summed E-state index contributed by atoms with van der Waals surface area (Å²) in [6.45, 7) is 1.92. The molecule has 0 radical (unpaired) electrons. The van der Waals surface area contributed by atoms with E-state index in [1.807, 2.05) is 25.1 Å². The zero-order valence-corrected chi connectivity index (χ0v) is 8.73. The highest BCUT2D eigenvalue weighted by molar-refractivity contribution is 5.85. The number of alkyl halides is 2. The van der Waals surface area contributed by atoms with Gasteiger partial charge in [-0.25, -0.2) is 8.78 Å². The molecule has 0 saturated carbocycles. The van der Waals surface area contributed by atoms with Crippen LogP contribution in [0.25, 0.3) is 0 Å². The summed E-state index contributed by atoms with van der Waals surface area (Å²) >= 11 is 0. The van der Waals surface area contributed by atoms with Gasteiger partial charge in [0.05, 0.1) is 0 Å². The second-order valence-electron chi connectivity index (χ2n) is 3.15. The Balaban J connectivity index is 0.00000169. The van der Waals surface area contributed by atoms with E-state index in [-0.39, 0.29) is 18.8 Å². The molecule has 0 aliphatic carbocycles. The van der Waals surface area contributed by atoms with Crippen LogP contribution in [0.2, 0.25) is 0 Å². The van der Waals surface area contributed by atoms with Crippen molar-refractivity contribution < 1.29 is 8.78 Å². The number of halogens is 3. The fraction of sp³-hybridized carbons (Fsp3) is 0.400. The quantitative estimate of drug-likeness (QED) is 0.834. The smallest absolute Gasteiger partial charge is 0.240 e. The van der Waals surface area contributed by atoms with Crippen LogP contribution in [0.5, 0.6) is 0 Å². The van der Waals surface area contributed by atoms with Crippen molar-refractivity contribution in [1.82, 2.24) is 0 Å². The Morgan fingerprint density at radius 1 is 1.36 bits per heavy atom. The van der Waals surface area contributed by atoms with Crippen molar-refractivity contribution in [3.63, 3.8) is 0 Å². The molecule has 1 aromatic carbocycles. The second-order valence-corrected chi connectivity index (χ2v) is 3.15. The molecule has 0 aliphatic heterocycles. The van der Waals surface area contributed by atoms with Crippen LogP contribution in [0.1, 0.15) is 23.6 Å². The third-order valence-corrected chi connectivity index (χ3v) is 1.90. The van der Waals surface area contributed by atoms with Crippen molar-refractivity contribution in [3.8, 4) is 0 Å². The molecule has 0 unspecified atom stereocenters. The first-order chi connectivity index (χ1) is 6.09. The monoisotopic (exact) mass is 221 g/mol. The van der Waals surface area contributed by atoms with E-state index in [4.69, 9.17) is 5.73 Å². The van der Waals surface area contributed by atoms with Gasteiger partial charge in [-0.2, -0.15) is 0 Å². The van der Waals surface area contributed by atoms with E-state index in [9.17, 15) is 8.78 Å². The third-order valence-electron chi connectivity index (χ3n) is 1.90. The van der Waals surface area contributed by atoms with Crippen LogP contribution >= 0.6 is 12.4 Å². The molecule has 0 aliphatic rings. The fourth-order valence-corrected chi connectivity index (χ4v) is 1.23. The van der Waals surface area contributed by atoms with E-state index < -0.39 is 12.5 Å². The molecular formula is C10H14ClF2N. The van der Waals surface area contributed by atoms with Gasteiger partial charge >= 0.3 is 0 Å². The van der Waals surface area contributed by atoms with Gasteiger partial charge in [-0.1, -0.05) is 29.8 Å². The molecule has 1 atom stereocenters. The maximum atomic E-state index is 12.0. The molecule has 0 fully saturated rings. The molecule has 0 spiro atoms. The van der Waals surface area contributed by atoms with Crippen molar-refractivity contribution in [2.24, 2.45) is 5.73 Å². The van der Waals surface area contributed by atoms with E-state index in [1.165, 1.54) is 0 Å². The number of hydrogen-bond acceptors (Lipinski definition) is 1. The van der Waals surface area contributed by atoms with Gasteiger partial charge < -0.3 is 5.73 Å². The molecule has 4 heteroatoms. The zero-order chi connectivity index (χ0) is 9.84. The van der Waals surface area contributed by atoms with E-state index in [0.717, 1.165) is 11.1 Å². The zero-order valence-electron chi connectivity index (χ0n) is 7.91. The van der Waals surface area contributed by atoms with E-state index in [0.29, 0.717) is 0 Å². The predicted molar refractivity (Wildman–Crippen MR) is 56.0 cm³/mol. The molecule has 1 aromatic rings. The molecule has 0 bridgehead atoms. The Morgan fingerprint density at radius 3 is 2.50 bits per heavy atom. The molecular weight excluding hydrogens is 208 g/mol. The Bertz CT molecular complexity index is 279. The summed E-state index contributed by atoms with van der Waals surface area (Å²) in [7, 11) is 0. The average Bonchev–Trinajstić information content (AvgIpc) is 2.03. The van der Waals surface area contributed by atoms with Gasteiger partial charge in [0.2, 0.25) is 6.43 Å².